The molecule has 4 nitrogen and oxygen atoms in total. The summed E-state index contributed by atoms with van der Waals surface area (Å²) in [6, 6.07) is 7.09. The van der Waals surface area contributed by atoms with Gasteiger partial charge >= 0.3 is 0 Å². The molecule has 90 valence electrons. The molecule has 0 saturated heterocycles. The minimum atomic E-state index is -0.518. The molecule has 0 aromatic heterocycles. The summed E-state index contributed by atoms with van der Waals surface area (Å²) >= 11 is 0. The standard InChI is InChI=1S/C13H16N2O2/c1-3-8-15-11-7-5-4-6-10(11)12(13(15)17)14-9(2)16/h4-7,12H,3,8H2,1-2H3,(H,14,16)/t12-/m0/s1. The number of para-hydroxylation sites is 1. The van der Waals surface area contributed by atoms with E-state index in [0.29, 0.717) is 6.54 Å². The third-order valence-corrected chi connectivity index (χ3v) is 2.85. The summed E-state index contributed by atoms with van der Waals surface area (Å²) in [5.41, 5.74) is 1.80. The predicted molar refractivity (Wildman–Crippen MR) is 65.6 cm³/mol. The monoisotopic (exact) mass is 232 g/mol. The third kappa shape index (κ3) is 2.02. The smallest absolute Gasteiger partial charge is 0.254 e. The van der Waals surface area contributed by atoms with Crippen molar-refractivity contribution in [2.75, 3.05) is 11.4 Å². The molecule has 2 amide bonds. The molecule has 1 aromatic rings. The van der Waals surface area contributed by atoms with Crippen LogP contribution in [0.5, 0.6) is 0 Å². The van der Waals surface area contributed by atoms with Crippen molar-refractivity contribution in [1.82, 2.24) is 5.32 Å². The number of hydrogen-bond acceptors (Lipinski definition) is 2. The van der Waals surface area contributed by atoms with Gasteiger partial charge < -0.3 is 10.2 Å². The van der Waals surface area contributed by atoms with E-state index in [-0.39, 0.29) is 11.8 Å². The van der Waals surface area contributed by atoms with Gasteiger partial charge in [-0.05, 0) is 12.5 Å². The van der Waals surface area contributed by atoms with Crippen molar-refractivity contribution in [3.8, 4) is 0 Å². The van der Waals surface area contributed by atoms with Crippen LogP contribution in [0.1, 0.15) is 31.9 Å². The lowest BCUT2D eigenvalue weighted by Gasteiger charge is -2.16. The molecule has 4 heteroatoms. The van der Waals surface area contributed by atoms with Gasteiger partial charge in [-0.25, -0.2) is 0 Å². The van der Waals surface area contributed by atoms with Crippen LogP contribution < -0.4 is 10.2 Å². The zero-order valence-corrected chi connectivity index (χ0v) is 10.1. The molecule has 0 bridgehead atoms. The molecule has 1 aliphatic heterocycles. The SMILES string of the molecule is CCCN1C(=O)[C@@H](NC(C)=O)c2ccccc21. The van der Waals surface area contributed by atoms with Crippen molar-refractivity contribution in [3.63, 3.8) is 0 Å². The van der Waals surface area contributed by atoms with Gasteiger partial charge in [-0.15, -0.1) is 0 Å². The van der Waals surface area contributed by atoms with Gasteiger partial charge in [0, 0.05) is 24.7 Å². The lowest BCUT2D eigenvalue weighted by atomic mass is 10.1. The van der Waals surface area contributed by atoms with Crippen LogP contribution in [0, 0.1) is 0 Å². The van der Waals surface area contributed by atoms with E-state index in [1.807, 2.05) is 31.2 Å². The highest BCUT2D eigenvalue weighted by Crippen LogP contribution is 2.35. The molecule has 17 heavy (non-hydrogen) atoms. The fraction of sp³-hybridized carbons (Fsp3) is 0.385. The Hall–Kier alpha value is -1.84. The van der Waals surface area contributed by atoms with Gasteiger partial charge in [0.25, 0.3) is 5.91 Å². The first-order valence-electron chi connectivity index (χ1n) is 5.82. The van der Waals surface area contributed by atoms with Gasteiger partial charge in [0.1, 0.15) is 6.04 Å². The quantitative estimate of drug-likeness (QED) is 0.861. The van der Waals surface area contributed by atoms with E-state index in [2.05, 4.69) is 5.32 Å². The van der Waals surface area contributed by atoms with Gasteiger partial charge in [0.15, 0.2) is 0 Å². The van der Waals surface area contributed by atoms with Gasteiger partial charge in [-0.2, -0.15) is 0 Å². The Bertz CT molecular complexity index is 456. The highest BCUT2D eigenvalue weighted by Gasteiger charge is 2.36. The average Bonchev–Trinajstić information content (AvgIpc) is 2.55. The van der Waals surface area contributed by atoms with E-state index in [0.717, 1.165) is 17.7 Å². The Morgan fingerprint density at radius 2 is 2.12 bits per heavy atom. The molecule has 0 spiro atoms. The zero-order chi connectivity index (χ0) is 12.4. The van der Waals surface area contributed by atoms with E-state index in [9.17, 15) is 9.59 Å². The average molecular weight is 232 g/mol. The van der Waals surface area contributed by atoms with Gasteiger partial charge in [-0.1, -0.05) is 25.1 Å². The molecule has 1 atom stereocenters. The number of nitrogens with one attached hydrogen (secondary N) is 1. The molecule has 0 radical (unpaired) electrons. The molecule has 0 unspecified atom stereocenters. The summed E-state index contributed by atoms with van der Waals surface area (Å²) in [6.45, 7) is 4.14. The Labute approximate surface area is 101 Å². The van der Waals surface area contributed by atoms with E-state index >= 15 is 0 Å². The number of carbonyl (C=O) groups is 2. The summed E-state index contributed by atoms with van der Waals surface area (Å²) < 4.78 is 0. The van der Waals surface area contributed by atoms with Crippen molar-refractivity contribution < 1.29 is 9.59 Å². The first-order valence-corrected chi connectivity index (χ1v) is 5.82. The summed E-state index contributed by atoms with van der Waals surface area (Å²) in [5.74, 6) is -0.222. The molecule has 1 aliphatic rings. The van der Waals surface area contributed by atoms with E-state index in [4.69, 9.17) is 0 Å². The van der Waals surface area contributed by atoms with Crippen LogP contribution in [0.15, 0.2) is 24.3 Å². The summed E-state index contributed by atoms with van der Waals surface area (Å²) in [6.07, 6.45) is 0.896. The second-order valence-corrected chi connectivity index (χ2v) is 4.18. The van der Waals surface area contributed by atoms with E-state index in [1.165, 1.54) is 6.92 Å². The lowest BCUT2D eigenvalue weighted by Crippen LogP contribution is -2.36. The largest absolute Gasteiger partial charge is 0.341 e. The molecule has 0 fully saturated rings. The first kappa shape index (κ1) is 11.6. The number of benzene rings is 1. The van der Waals surface area contributed by atoms with Crippen molar-refractivity contribution in [2.45, 2.75) is 26.3 Å². The zero-order valence-electron chi connectivity index (χ0n) is 10.1. The van der Waals surface area contributed by atoms with Crippen LogP contribution in [-0.2, 0) is 9.59 Å². The normalized spacial score (nSPS) is 18.1. The maximum absolute atomic E-state index is 12.2. The number of rotatable bonds is 3. The van der Waals surface area contributed by atoms with Gasteiger partial charge in [-0.3, -0.25) is 9.59 Å². The fourth-order valence-corrected chi connectivity index (χ4v) is 2.18. The third-order valence-electron chi connectivity index (χ3n) is 2.85. The summed E-state index contributed by atoms with van der Waals surface area (Å²) in [4.78, 5) is 25.1. The van der Waals surface area contributed by atoms with Crippen molar-refractivity contribution in [3.05, 3.63) is 29.8 Å². The van der Waals surface area contributed by atoms with Crippen LogP contribution in [0.2, 0.25) is 0 Å². The summed E-state index contributed by atoms with van der Waals surface area (Å²) in [5, 5.41) is 2.71. The Balaban J connectivity index is 2.37. The number of hydrogen-bond donors (Lipinski definition) is 1. The molecule has 1 heterocycles. The number of fused-ring (bicyclic) bond motifs is 1. The van der Waals surface area contributed by atoms with Crippen LogP contribution in [0.25, 0.3) is 0 Å². The predicted octanol–water partition coefficient (Wildman–Crippen LogP) is 1.62. The Kier molecular flexibility index (Phi) is 3.13. The Morgan fingerprint density at radius 1 is 1.41 bits per heavy atom. The Morgan fingerprint density at radius 3 is 2.76 bits per heavy atom. The number of amides is 2. The van der Waals surface area contributed by atoms with Crippen LogP contribution in [0.3, 0.4) is 0 Å². The van der Waals surface area contributed by atoms with Crippen LogP contribution in [-0.4, -0.2) is 18.4 Å². The highest BCUT2D eigenvalue weighted by atomic mass is 16.2. The fourth-order valence-electron chi connectivity index (χ4n) is 2.18. The molecule has 0 saturated carbocycles. The molecular weight excluding hydrogens is 216 g/mol. The van der Waals surface area contributed by atoms with E-state index in [1.54, 1.807) is 4.90 Å². The lowest BCUT2D eigenvalue weighted by molar-refractivity contribution is -0.126. The maximum atomic E-state index is 12.2. The van der Waals surface area contributed by atoms with Crippen LogP contribution in [0.4, 0.5) is 5.69 Å². The minimum absolute atomic E-state index is 0.0387. The van der Waals surface area contributed by atoms with Crippen molar-refractivity contribution in [2.24, 2.45) is 0 Å². The number of anilines is 1. The molecule has 1 N–H and O–H groups in total. The second-order valence-electron chi connectivity index (χ2n) is 4.18. The maximum Gasteiger partial charge on any atom is 0.254 e. The van der Waals surface area contributed by atoms with Crippen molar-refractivity contribution >= 4 is 17.5 Å². The summed E-state index contributed by atoms with van der Waals surface area (Å²) in [7, 11) is 0. The minimum Gasteiger partial charge on any atom is -0.341 e. The van der Waals surface area contributed by atoms with Gasteiger partial charge in [0.2, 0.25) is 5.91 Å². The topological polar surface area (TPSA) is 49.4 Å². The molecule has 1 aromatic carbocycles. The van der Waals surface area contributed by atoms with Crippen LogP contribution >= 0.6 is 0 Å². The first-order chi connectivity index (χ1) is 8.15. The second kappa shape index (κ2) is 4.57. The molecule has 2 rings (SSSR count). The molecular formula is C13H16N2O2. The highest BCUT2D eigenvalue weighted by molar-refractivity contribution is 6.06. The number of carbonyl (C=O) groups excluding carboxylic acids is 2. The molecule has 0 aliphatic carbocycles. The van der Waals surface area contributed by atoms with Gasteiger partial charge in [0.05, 0.1) is 0 Å². The van der Waals surface area contributed by atoms with Crippen molar-refractivity contribution in [1.29, 1.82) is 0 Å². The number of nitrogens with zero attached hydrogens (tertiary/aromatic N) is 1. The van der Waals surface area contributed by atoms with E-state index < -0.39 is 6.04 Å².